The number of carboxylic acid groups (broad SMARTS) is 1. The Balaban J connectivity index is 1.70. The SMILES string of the molecule is Nc1nc(=S)c2ncn([C@@H]3O[C@H](COP(=O)([O-])OP(=O)([O-])OP(=O)([O-])O)C(O)[C@@H]3OCC(=O)NCCNC(=O)C(N)CC(=O)O)c2[nH]1. The van der Waals surface area contributed by atoms with E-state index in [1.165, 1.54) is 4.57 Å². The van der Waals surface area contributed by atoms with Crippen LogP contribution in [0.25, 0.3) is 11.2 Å². The van der Waals surface area contributed by atoms with Gasteiger partial charge < -0.3 is 70.9 Å². The summed E-state index contributed by atoms with van der Waals surface area (Å²) in [5, 5.41) is 24.3. The summed E-state index contributed by atoms with van der Waals surface area (Å²) in [5.74, 6) is -3.01. The molecular weight excluding hydrogens is 725 g/mol. The Hall–Kier alpha value is -2.77. The molecule has 1 aliphatic heterocycles. The summed E-state index contributed by atoms with van der Waals surface area (Å²) in [6.07, 6.45) is -5.90. The number of nitrogens with zero attached hydrogens (tertiary/aromatic N) is 3. The number of aromatic amines is 1. The molecule has 0 aliphatic carbocycles. The number of amides is 2. The van der Waals surface area contributed by atoms with Crippen LogP contribution in [0.2, 0.25) is 0 Å². The molecule has 3 heterocycles. The van der Waals surface area contributed by atoms with Gasteiger partial charge in [0.2, 0.25) is 11.8 Å². The normalized spacial score (nSPS) is 24.1. The van der Waals surface area contributed by atoms with Gasteiger partial charge in [-0.15, -0.1) is 0 Å². The maximum Gasteiger partial charge on any atom is 0.305 e. The molecule has 2 amide bonds. The average Bonchev–Trinajstić information content (AvgIpc) is 3.46. The number of phosphoric acid groups is 3. The van der Waals surface area contributed by atoms with Gasteiger partial charge in [0, 0.05) is 13.1 Å². The average molecular weight is 751 g/mol. The van der Waals surface area contributed by atoms with Crippen LogP contribution >= 0.6 is 35.7 Å². The van der Waals surface area contributed by atoms with Gasteiger partial charge in [0.1, 0.15) is 36.1 Å². The lowest BCUT2D eigenvalue weighted by Gasteiger charge is -2.33. The van der Waals surface area contributed by atoms with Crippen molar-refractivity contribution in [1.29, 1.82) is 0 Å². The number of aromatic nitrogens is 4. The molecule has 25 nitrogen and oxygen atoms in total. The monoisotopic (exact) mass is 751 g/mol. The number of nitrogen functional groups attached to an aromatic ring is 1. The summed E-state index contributed by atoms with van der Waals surface area (Å²) in [6.45, 7) is -2.23. The van der Waals surface area contributed by atoms with Crippen LogP contribution in [-0.2, 0) is 50.7 Å². The third kappa shape index (κ3) is 11.4. The van der Waals surface area contributed by atoms with Crippen molar-refractivity contribution in [3.63, 3.8) is 0 Å². The standard InChI is InChI=1S/C18H29N8O17P3S/c19-7(3-10(28)29)15(31)22-2-1-21-9(27)5-39-13-12(30)8(4-40-45(35,36)43-46(37,38)42-44(32,33)34)41-17(13)26-6-23-11-14(26)24-18(20)25-16(11)47/h6-8,12-13,17,30H,1-5,19H2,(H,21,27)(H,22,31)(H,28,29)(H,35,36)(H,37,38)(H2,32,33,34)(H3,20,24,25,47)/p-3/t7?,8-,12?,13+,17-/m1/s1. The van der Waals surface area contributed by atoms with E-state index >= 15 is 0 Å². The molecule has 5 unspecified atom stereocenters. The first-order chi connectivity index (χ1) is 21.7. The first kappa shape index (κ1) is 38.7. The number of fused-ring (bicyclic) bond motifs is 1. The largest absolute Gasteiger partial charge is 0.756 e. The summed E-state index contributed by atoms with van der Waals surface area (Å²) >= 11 is 5.12. The van der Waals surface area contributed by atoms with Crippen molar-refractivity contribution in [2.45, 2.75) is 37.0 Å². The third-order valence-electron chi connectivity index (χ3n) is 5.74. The second kappa shape index (κ2) is 15.6. The lowest BCUT2D eigenvalue weighted by atomic mass is 10.1. The number of carbonyl (C=O) groups excluding carboxylic acids is 2. The van der Waals surface area contributed by atoms with E-state index in [9.17, 15) is 47.9 Å². The van der Waals surface area contributed by atoms with Crippen LogP contribution in [-0.4, -0.2) is 103 Å². The highest BCUT2D eigenvalue weighted by Gasteiger charge is 2.47. The van der Waals surface area contributed by atoms with Crippen molar-refractivity contribution in [2.75, 3.05) is 32.0 Å². The Morgan fingerprint density at radius 3 is 2.47 bits per heavy atom. The molecule has 264 valence electrons. The topological polar surface area (TPSA) is 401 Å². The minimum atomic E-state index is -6.21. The fourth-order valence-electron chi connectivity index (χ4n) is 3.88. The lowest BCUT2D eigenvalue weighted by Crippen LogP contribution is -2.45. The van der Waals surface area contributed by atoms with Gasteiger partial charge >= 0.3 is 5.97 Å². The van der Waals surface area contributed by atoms with Gasteiger partial charge in [-0.2, -0.15) is 0 Å². The van der Waals surface area contributed by atoms with Crippen molar-refractivity contribution >= 4 is 70.6 Å². The van der Waals surface area contributed by atoms with Crippen molar-refractivity contribution in [3.8, 4) is 0 Å². The molecule has 0 aromatic carbocycles. The number of imidazole rings is 1. The number of aliphatic hydroxyl groups is 1. The predicted molar refractivity (Wildman–Crippen MR) is 146 cm³/mol. The molecular formula is C18H26N8O17P3S-3. The minimum Gasteiger partial charge on any atom is -0.756 e. The Morgan fingerprint density at radius 1 is 1.17 bits per heavy atom. The van der Waals surface area contributed by atoms with Crippen molar-refractivity contribution in [2.24, 2.45) is 5.73 Å². The summed E-state index contributed by atoms with van der Waals surface area (Å²) in [6, 6.07) is -1.32. The van der Waals surface area contributed by atoms with Crippen LogP contribution in [0.3, 0.4) is 0 Å². The zero-order valence-electron chi connectivity index (χ0n) is 23.3. The summed E-state index contributed by atoms with van der Waals surface area (Å²) in [4.78, 5) is 88.1. The van der Waals surface area contributed by atoms with Crippen LogP contribution in [0.5, 0.6) is 0 Å². The van der Waals surface area contributed by atoms with Crippen LogP contribution in [0.4, 0.5) is 5.95 Å². The lowest BCUT2D eigenvalue weighted by molar-refractivity contribution is -0.250. The second-order valence-corrected chi connectivity index (χ2v) is 14.0. The number of aliphatic carboxylic acids is 1. The van der Waals surface area contributed by atoms with E-state index in [4.69, 9.17) is 43.2 Å². The number of hydrogen-bond donors (Lipinski definition) is 8. The molecule has 0 spiro atoms. The van der Waals surface area contributed by atoms with E-state index in [1.807, 2.05) is 0 Å². The van der Waals surface area contributed by atoms with E-state index in [1.54, 1.807) is 0 Å². The fourth-order valence-corrected chi connectivity index (χ4v) is 7.02. The zero-order valence-corrected chi connectivity index (χ0v) is 26.8. The Kier molecular flexibility index (Phi) is 12.9. The Morgan fingerprint density at radius 2 is 1.83 bits per heavy atom. The number of hydrogen-bond acceptors (Lipinski definition) is 20. The van der Waals surface area contributed by atoms with E-state index in [-0.39, 0.29) is 34.8 Å². The number of anilines is 1. The molecule has 2 aromatic heterocycles. The van der Waals surface area contributed by atoms with Gasteiger partial charge in [-0.25, -0.2) is 18.6 Å². The zero-order chi connectivity index (χ0) is 35.3. The molecule has 8 atom stereocenters. The second-order valence-electron chi connectivity index (χ2n) is 9.27. The summed E-state index contributed by atoms with van der Waals surface area (Å²) in [7, 11) is -18.1. The number of carbonyl (C=O) groups is 3. The highest BCUT2D eigenvalue weighted by molar-refractivity contribution is 7.71. The van der Waals surface area contributed by atoms with E-state index < -0.39 is 91.5 Å². The maximum atomic E-state index is 12.4. The molecule has 29 heteroatoms. The molecule has 2 aromatic rings. The number of ether oxygens (including phenoxy) is 2. The fraction of sp³-hybridized carbons (Fsp3) is 0.556. The van der Waals surface area contributed by atoms with Crippen LogP contribution in [0, 0.1) is 4.64 Å². The molecule has 1 fully saturated rings. The van der Waals surface area contributed by atoms with E-state index in [2.05, 4.69) is 38.7 Å². The summed E-state index contributed by atoms with van der Waals surface area (Å²) < 4.78 is 57.7. The molecule has 10 N–H and O–H groups in total. The minimum absolute atomic E-state index is 0.0412. The van der Waals surface area contributed by atoms with Gasteiger partial charge in [-0.1, -0.05) is 12.2 Å². The van der Waals surface area contributed by atoms with Crippen molar-refractivity contribution in [3.05, 3.63) is 11.0 Å². The van der Waals surface area contributed by atoms with Crippen LogP contribution in [0.1, 0.15) is 12.6 Å². The first-order valence-corrected chi connectivity index (χ1v) is 17.4. The third-order valence-corrected chi connectivity index (χ3v) is 9.71. The number of aliphatic hydroxyl groups excluding tert-OH is 1. The molecule has 0 saturated carbocycles. The van der Waals surface area contributed by atoms with Gasteiger partial charge in [-0.3, -0.25) is 32.6 Å². The first-order valence-electron chi connectivity index (χ1n) is 12.6. The quantitative estimate of drug-likeness (QED) is 0.0427. The van der Waals surface area contributed by atoms with Gasteiger partial charge in [0.05, 0.1) is 25.4 Å². The van der Waals surface area contributed by atoms with Gasteiger partial charge in [0.25, 0.3) is 23.5 Å². The molecule has 3 rings (SSSR count). The number of phosphoric ester groups is 1. The predicted octanol–water partition coefficient (Wildman–Crippen LogP) is -4.80. The van der Waals surface area contributed by atoms with Crippen LogP contribution < -0.4 is 36.8 Å². The van der Waals surface area contributed by atoms with Gasteiger partial charge in [0.15, 0.2) is 16.8 Å². The smallest absolute Gasteiger partial charge is 0.305 e. The number of carboxylic acids is 1. The number of nitrogens with two attached hydrogens (primary N) is 2. The Labute approximate surface area is 267 Å². The molecule has 1 aliphatic rings. The summed E-state index contributed by atoms with van der Waals surface area (Å²) in [5.41, 5.74) is 11.3. The molecule has 0 radical (unpaired) electrons. The van der Waals surface area contributed by atoms with Crippen molar-refractivity contribution < 1.29 is 80.5 Å². The number of nitrogens with one attached hydrogen (secondary N) is 3. The van der Waals surface area contributed by atoms with Crippen LogP contribution in [0.15, 0.2) is 6.33 Å². The number of H-pyrrole nitrogens is 1. The van der Waals surface area contributed by atoms with E-state index in [0.717, 1.165) is 6.33 Å². The van der Waals surface area contributed by atoms with Crippen molar-refractivity contribution in [1.82, 2.24) is 30.2 Å². The molecule has 47 heavy (non-hydrogen) atoms. The number of rotatable bonds is 17. The highest BCUT2D eigenvalue weighted by Crippen LogP contribution is 2.61. The van der Waals surface area contributed by atoms with E-state index in [0.29, 0.717) is 0 Å². The van der Waals surface area contributed by atoms with Gasteiger partial charge in [-0.05, 0) is 0 Å². The maximum absolute atomic E-state index is 12.4. The molecule has 1 saturated heterocycles. The highest BCUT2D eigenvalue weighted by atomic mass is 32.1. The molecule has 0 bridgehead atoms. The Bertz CT molecular complexity index is 1680.